The van der Waals surface area contributed by atoms with E-state index >= 15 is 0 Å². The number of hydrogen-bond acceptors (Lipinski definition) is 3. The molecule has 0 aromatic heterocycles. The maximum Gasteiger partial charge on any atom is 0.335 e. The minimum atomic E-state index is -1.00. The first-order valence-electron chi connectivity index (χ1n) is 6.90. The summed E-state index contributed by atoms with van der Waals surface area (Å²) in [4.78, 5) is 22.7. The summed E-state index contributed by atoms with van der Waals surface area (Å²) in [6, 6.07) is 6.24. The molecule has 0 aliphatic heterocycles. The van der Waals surface area contributed by atoms with E-state index in [1.54, 1.807) is 12.1 Å². The van der Waals surface area contributed by atoms with Gasteiger partial charge in [0, 0.05) is 12.1 Å². The predicted octanol–water partition coefficient (Wildman–Crippen LogP) is 2.48. The summed E-state index contributed by atoms with van der Waals surface area (Å²) in [5.41, 5.74) is 6.20. The van der Waals surface area contributed by atoms with Crippen molar-refractivity contribution in [2.24, 2.45) is 11.7 Å². The van der Waals surface area contributed by atoms with Crippen LogP contribution in [0.15, 0.2) is 24.3 Å². The van der Waals surface area contributed by atoms with Gasteiger partial charge >= 0.3 is 5.97 Å². The van der Waals surface area contributed by atoms with Crippen LogP contribution in [0, 0.1) is 5.92 Å². The molecule has 0 aliphatic rings. The molecule has 0 saturated heterocycles. The van der Waals surface area contributed by atoms with Gasteiger partial charge in [-0.25, -0.2) is 4.79 Å². The molecule has 1 rings (SSSR count). The zero-order valence-corrected chi connectivity index (χ0v) is 11.8. The molecule has 110 valence electrons. The topological polar surface area (TPSA) is 92.4 Å². The second-order valence-electron chi connectivity index (χ2n) is 4.82. The molecule has 1 aromatic rings. The summed E-state index contributed by atoms with van der Waals surface area (Å²) in [6.45, 7) is 2.73. The van der Waals surface area contributed by atoms with E-state index < -0.39 is 5.97 Å². The Bertz CT molecular complexity index is 460. The summed E-state index contributed by atoms with van der Waals surface area (Å²) < 4.78 is 0. The van der Waals surface area contributed by atoms with Gasteiger partial charge in [0.05, 0.1) is 5.56 Å². The maximum atomic E-state index is 11.8. The van der Waals surface area contributed by atoms with E-state index in [0.29, 0.717) is 24.6 Å². The normalized spacial score (nSPS) is 11.9. The Morgan fingerprint density at radius 2 is 2.10 bits per heavy atom. The average Bonchev–Trinajstić information content (AvgIpc) is 2.43. The number of benzene rings is 1. The van der Waals surface area contributed by atoms with Gasteiger partial charge < -0.3 is 16.2 Å². The van der Waals surface area contributed by atoms with Gasteiger partial charge in [-0.15, -0.1) is 0 Å². The van der Waals surface area contributed by atoms with Gasteiger partial charge in [-0.05, 0) is 43.5 Å². The van der Waals surface area contributed by atoms with Crippen molar-refractivity contribution < 1.29 is 14.7 Å². The number of carboxylic acids is 1. The Labute approximate surface area is 119 Å². The van der Waals surface area contributed by atoms with Crippen LogP contribution in [0.25, 0.3) is 0 Å². The van der Waals surface area contributed by atoms with Crippen LogP contribution in [0.1, 0.15) is 43.0 Å². The molecule has 5 nitrogen and oxygen atoms in total. The molecular formula is C15H22N2O3. The van der Waals surface area contributed by atoms with Gasteiger partial charge in [0.25, 0.3) is 0 Å². The van der Waals surface area contributed by atoms with Gasteiger partial charge in [-0.2, -0.15) is 0 Å². The van der Waals surface area contributed by atoms with E-state index in [2.05, 4.69) is 12.2 Å². The molecule has 0 saturated carbocycles. The summed E-state index contributed by atoms with van der Waals surface area (Å²) in [7, 11) is 0. The molecule has 0 radical (unpaired) electrons. The molecule has 0 heterocycles. The lowest BCUT2D eigenvalue weighted by Crippen LogP contribution is -2.15. The molecule has 1 amide bonds. The average molecular weight is 278 g/mol. The first-order chi connectivity index (χ1) is 9.56. The highest BCUT2D eigenvalue weighted by Gasteiger charge is 2.10. The number of carbonyl (C=O) groups excluding carboxylic acids is 1. The van der Waals surface area contributed by atoms with Gasteiger partial charge in [-0.3, -0.25) is 4.79 Å². The van der Waals surface area contributed by atoms with Crippen LogP contribution in [-0.4, -0.2) is 23.5 Å². The van der Waals surface area contributed by atoms with E-state index in [1.807, 2.05) is 0 Å². The van der Waals surface area contributed by atoms with Crippen molar-refractivity contribution in [1.82, 2.24) is 0 Å². The highest BCUT2D eigenvalue weighted by molar-refractivity contribution is 5.93. The zero-order valence-electron chi connectivity index (χ0n) is 11.8. The second-order valence-corrected chi connectivity index (χ2v) is 4.82. The predicted molar refractivity (Wildman–Crippen MR) is 78.7 cm³/mol. The molecular weight excluding hydrogens is 256 g/mol. The fourth-order valence-electron chi connectivity index (χ4n) is 2.08. The second kappa shape index (κ2) is 8.32. The van der Waals surface area contributed by atoms with Crippen molar-refractivity contribution in [1.29, 1.82) is 0 Å². The smallest absolute Gasteiger partial charge is 0.335 e. The van der Waals surface area contributed by atoms with Gasteiger partial charge in [0.15, 0.2) is 0 Å². The minimum Gasteiger partial charge on any atom is -0.478 e. The van der Waals surface area contributed by atoms with Crippen molar-refractivity contribution in [3.8, 4) is 0 Å². The number of anilines is 1. The Balaban J connectivity index is 2.49. The Kier molecular flexibility index (Phi) is 6.73. The Morgan fingerprint density at radius 3 is 2.70 bits per heavy atom. The fraction of sp³-hybridized carbons (Fsp3) is 0.467. The zero-order chi connectivity index (χ0) is 15.0. The highest BCUT2D eigenvalue weighted by atomic mass is 16.4. The van der Waals surface area contributed by atoms with Crippen molar-refractivity contribution in [3.05, 3.63) is 29.8 Å². The number of nitrogens with two attached hydrogens (primary N) is 1. The van der Waals surface area contributed by atoms with Crippen LogP contribution in [0.2, 0.25) is 0 Å². The Morgan fingerprint density at radius 1 is 1.35 bits per heavy atom. The van der Waals surface area contributed by atoms with Crippen LogP contribution >= 0.6 is 0 Å². The van der Waals surface area contributed by atoms with Crippen LogP contribution in [-0.2, 0) is 4.79 Å². The van der Waals surface area contributed by atoms with Crippen LogP contribution in [0.4, 0.5) is 5.69 Å². The summed E-state index contributed by atoms with van der Waals surface area (Å²) in [5.74, 6) is -0.630. The largest absolute Gasteiger partial charge is 0.478 e. The molecule has 1 unspecified atom stereocenters. The lowest BCUT2D eigenvalue weighted by Gasteiger charge is -2.13. The van der Waals surface area contributed by atoms with E-state index in [0.717, 1.165) is 19.3 Å². The summed E-state index contributed by atoms with van der Waals surface area (Å²) in [6.07, 6.45) is 3.17. The Hall–Kier alpha value is -1.88. The van der Waals surface area contributed by atoms with Crippen molar-refractivity contribution >= 4 is 17.6 Å². The molecule has 1 aromatic carbocycles. The molecule has 20 heavy (non-hydrogen) atoms. The number of hydrogen-bond donors (Lipinski definition) is 3. The highest BCUT2D eigenvalue weighted by Crippen LogP contribution is 2.16. The van der Waals surface area contributed by atoms with E-state index in [9.17, 15) is 9.59 Å². The SMILES string of the molecule is CCC(CCN)CCC(=O)Nc1cccc(C(=O)O)c1. The number of carboxylic acid groups (broad SMARTS) is 1. The quantitative estimate of drug-likeness (QED) is 0.681. The minimum absolute atomic E-state index is 0.0944. The molecule has 0 fully saturated rings. The number of rotatable bonds is 8. The number of amides is 1. The summed E-state index contributed by atoms with van der Waals surface area (Å²) in [5, 5.41) is 11.6. The molecule has 5 heteroatoms. The first kappa shape index (κ1) is 16.2. The van der Waals surface area contributed by atoms with Crippen LogP contribution in [0.3, 0.4) is 0 Å². The molecule has 1 atom stereocenters. The lowest BCUT2D eigenvalue weighted by atomic mass is 9.96. The molecule has 0 bridgehead atoms. The molecule has 4 N–H and O–H groups in total. The fourth-order valence-corrected chi connectivity index (χ4v) is 2.08. The third kappa shape index (κ3) is 5.40. The van der Waals surface area contributed by atoms with Gasteiger partial charge in [0.1, 0.15) is 0 Å². The molecule has 0 aliphatic carbocycles. The number of nitrogens with one attached hydrogen (secondary N) is 1. The van der Waals surface area contributed by atoms with Crippen molar-refractivity contribution in [2.45, 2.75) is 32.6 Å². The van der Waals surface area contributed by atoms with E-state index in [1.165, 1.54) is 12.1 Å². The molecule has 0 spiro atoms. The van der Waals surface area contributed by atoms with Gasteiger partial charge in [0.2, 0.25) is 5.91 Å². The van der Waals surface area contributed by atoms with Gasteiger partial charge in [-0.1, -0.05) is 19.4 Å². The monoisotopic (exact) mass is 278 g/mol. The maximum absolute atomic E-state index is 11.8. The van der Waals surface area contributed by atoms with E-state index in [4.69, 9.17) is 10.8 Å². The number of carbonyl (C=O) groups is 2. The standard InChI is InChI=1S/C15H22N2O3/c1-2-11(8-9-16)6-7-14(18)17-13-5-3-4-12(10-13)15(19)20/h3-5,10-11H,2,6-9,16H2,1H3,(H,17,18)(H,19,20). The lowest BCUT2D eigenvalue weighted by molar-refractivity contribution is -0.116. The number of aromatic carboxylic acids is 1. The van der Waals surface area contributed by atoms with Crippen molar-refractivity contribution in [3.63, 3.8) is 0 Å². The van der Waals surface area contributed by atoms with Crippen molar-refractivity contribution in [2.75, 3.05) is 11.9 Å². The summed E-state index contributed by atoms with van der Waals surface area (Å²) >= 11 is 0. The third-order valence-electron chi connectivity index (χ3n) is 3.33. The van der Waals surface area contributed by atoms with Crippen LogP contribution in [0.5, 0.6) is 0 Å². The third-order valence-corrected chi connectivity index (χ3v) is 3.33. The van der Waals surface area contributed by atoms with E-state index in [-0.39, 0.29) is 11.5 Å². The van der Waals surface area contributed by atoms with Crippen LogP contribution < -0.4 is 11.1 Å². The first-order valence-corrected chi connectivity index (χ1v) is 6.90.